The number of rotatable bonds is 6. The Kier molecular flexibility index (Phi) is 6.69. The molecular weight excluding hydrogens is 363 g/mol. The third-order valence-corrected chi connectivity index (χ3v) is 3.78. The smallest absolute Gasteiger partial charge is 0.306 e. The summed E-state index contributed by atoms with van der Waals surface area (Å²) < 4.78 is 37.7. The molecule has 2 rings (SSSR count). The summed E-state index contributed by atoms with van der Waals surface area (Å²) in [4.78, 5) is 8.42. The monoisotopic (exact) mass is 379 g/mol. The summed E-state index contributed by atoms with van der Waals surface area (Å²) in [5.41, 5.74) is 1.66. The van der Waals surface area contributed by atoms with Gasteiger partial charge in [0.05, 0.1) is 24.4 Å². The third kappa shape index (κ3) is 6.11. The molecule has 0 radical (unpaired) electrons. The topological polar surface area (TPSA) is 48.6 Å². The first-order valence-corrected chi connectivity index (χ1v) is 8.14. The maximum atomic E-state index is 12.6. The maximum Gasteiger partial charge on any atom is 0.416 e. The maximum absolute atomic E-state index is 12.6. The van der Waals surface area contributed by atoms with Crippen LogP contribution < -0.4 is 0 Å². The zero-order chi connectivity index (χ0) is 19.2. The van der Waals surface area contributed by atoms with E-state index in [-0.39, 0.29) is 13.1 Å². The number of halogens is 4. The van der Waals surface area contributed by atoms with Crippen molar-refractivity contribution in [2.75, 3.05) is 13.1 Å². The van der Waals surface area contributed by atoms with Crippen LogP contribution in [0.4, 0.5) is 13.2 Å². The summed E-state index contributed by atoms with van der Waals surface area (Å²) in [6, 6.07) is 12.0. The average Bonchev–Trinajstić information content (AvgIpc) is 2.61. The van der Waals surface area contributed by atoms with Crippen LogP contribution in [0.15, 0.2) is 58.5 Å². The zero-order valence-electron chi connectivity index (χ0n) is 14.0. The first-order chi connectivity index (χ1) is 12.3. The van der Waals surface area contributed by atoms with Crippen molar-refractivity contribution in [3.63, 3.8) is 0 Å². The summed E-state index contributed by atoms with van der Waals surface area (Å²) in [5, 5.41) is 8.51. The van der Waals surface area contributed by atoms with Gasteiger partial charge in [-0.3, -0.25) is 9.98 Å². The number of aliphatic imine (C=N–C) groups is 2. The predicted molar refractivity (Wildman–Crippen MR) is 100 cm³/mol. The number of hydrogen-bond donors (Lipinski definition) is 1. The van der Waals surface area contributed by atoms with Gasteiger partial charge in [0.2, 0.25) is 0 Å². The molecule has 0 aliphatic rings. The largest absolute Gasteiger partial charge is 0.416 e. The van der Waals surface area contributed by atoms with Crippen LogP contribution in [0, 0.1) is 5.41 Å². The lowest BCUT2D eigenvalue weighted by molar-refractivity contribution is -0.137. The fourth-order valence-corrected chi connectivity index (χ4v) is 2.19. The van der Waals surface area contributed by atoms with Crippen LogP contribution >= 0.6 is 11.6 Å². The molecule has 0 fully saturated rings. The molecule has 0 saturated carbocycles. The molecule has 0 heterocycles. The fraction of sp³-hybridized carbons (Fsp3) is 0.211. The lowest BCUT2D eigenvalue weighted by Crippen LogP contribution is -2.09. The average molecular weight is 380 g/mol. The number of hydrogen-bond acceptors (Lipinski definition) is 3. The second kappa shape index (κ2) is 8.76. The van der Waals surface area contributed by atoms with Gasteiger partial charge in [-0.1, -0.05) is 35.9 Å². The highest BCUT2D eigenvalue weighted by Crippen LogP contribution is 2.29. The molecule has 0 aliphatic carbocycles. The summed E-state index contributed by atoms with van der Waals surface area (Å²) in [7, 11) is 0. The normalized spacial score (nSPS) is 12.6. The van der Waals surface area contributed by atoms with Gasteiger partial charge in [-0.05, 0) is 42.3 Å². The van der Waals surface area contributed by atoms with E-state index in [9.17, 15) is 13.2 Å². The molecule has 0 saturated heterocycles. The Morgan fingerprint density at radius 3 is 2.23 bits per heavy atom. The van der Waals surface area contributed by atoms with Crippen molar-refractivity contribution in [3.8, 4) is 0 Å². The highest BCUT2D eigenvalue weighted by Gasteiger charge is 2.29. The van der Waals surface area contributed by atoms with E-state index in [1.807, 2.05) is 12.1 Å². The van der Waals surface area contributed by atoms with Crippen LogP contribution in [-0.4, -0.2) is 30.7 Å². The highest BCUT2D eigenvalue weighted by atomic mass is 35.5. The molecule has 0 amide bonds. The van der Waals surface area contributed by atoms with Crippen molar-refractivity contribution >= 4 is 29.2 Å². The molecule has 0 bridgehead atoms. The Bertz CT molecular complexity index is 807. The van der Waals surface area contributed by atoms with Crippen molar-refractivity contribution in [1.82, 2.24) is 0 Å². The molecule has 26 heavy (non-hydrogen) atoms. The number of alkyl halides is 3. The number of benzene rings is 2. The van der Waals surface area contributed by atoms with E-state index in [0.717, 1.165) is 17.7 Å². The standard InChI is InChI=1S/C19H17ClF3N3/c1-13(15-4-6-16(7-5-15)19(21,22)23)26-12-18(24)11-25-10-14-2-8-17(20)9-3-14/h2-10,24H,11-12H2,1H3. The molecule has 0 aliphatic heterocycles. The highest BCUT2D eigenvalue weighted by molar-refractivity contribution is 6.30. The zero-order valence-corrected chi connectivity index (χ0v) is 14.8. The summed E-state index contributed by atoms with van der Waals surface area (Å²) >= 11 is 5.80. The van der Waals surface area contributed by atoms with Crippen LogP contribution in [0.3, 0.4) is 0 Å². The Morgan fingerprint density at radius 2 is 1.65 bits per heavy atom. The van der Waals surface area contributed by atoms with Gasteiger partial charge in [-0.15, -0.1) is 0 Å². The van der Waals surface area contributed by atoms with E-state index in [4.69, 9.17) is 17.0 Å². The summed E-state index contributed by atoms with van der Waals surface area (Å²) in [6.07, 6.45) is -2.70. The van der Waals surface area contributed by atoms with Crippen LogP contribution in [0.1, 0.15) is 23.6 Å². The van der Waals surface area contributed by atoms with Gasteiger partial charge < -0.3 is 5.41 Å². The quantitative estimate of drug-likeness (QED) is 0.661. The second-order valence-corrected chi connectivity index (χ2v) is 6.04. The van der Waals surface area contributed by atoms with Gasteiger partial charge >= 0.3 is 6.18 Å². The van der Waals surface area contributed by atoms with E-state index in [1.54, 1.807) is 25.3 Å². The van der Waals surface area contributed by atoms with Gasteiger partial charge in [0.1, 0.15) is 0 Å². The molecule has 3 nitrogen and oxygen atoms in total. The van der Waals surface area contributed by atoms with Crippen molar-refractivity contribution < 1.29 is 13.2 Å². The van der Waals surface area contributed by atoms with E-state index < -0.39 is 11.7 Å². The van der Waals surface area contributed by atoms with Crippen LogP contribution in [-0.2, 0) is 6.18 Å². The van der Waals surface area contributed by atoms with E-state index in [1.165, 1.54) is 12.1 Å². The van der Waals surface area contributed by atoms with Crippen molar-refractivity contribution in [1.29, 1.82) is 5.41 Å². The summed E-state index contributed by atoms with van der Waals surface area (Å²) in [6.45, 7) is 2.05. The minimum atomic E-state index is -4.35. The molecule has 7 heteroatoms. The Morgan fingerprint density at radius 1 is 1.04 bits per heavy atom. The Hall–Kier alpha value is -2.47. The molecule has 0 atom stereocenters. The molecule has 0 spiro atoms. The van der Waals surface area contributed by atoms with Crippen LogP contribution in [0.25, 0.3) is 0 Å². The van der Waals surface area contributed by atoms with Gasteiger partial charge in [0.25, 0.3) is 0 Å². The Labute approximate surface area is 154 Å². The fourth-order valence-electron chi connectivity index (χ4n) is 2.07. The van der Waals surface area contributed by atoms with Crippen LogP contribution in [0.5, 0.6) is 0 Å². The van der Waals surface area contributed by atoms with E-state index >= 15 is 0 Å². The van der Waals surface area contributed by atoms with Gasteiger partial charge in [0.15, 0.2) is 0 Å². The lowest BCUT2D eigenvalue weighted by atomic mass is 10.1. The third-order valence-electron chi connectivity index (χ3n) is 3.53. The molecule has 0 unspecified atom stereocenters. The van der Waals surface area contributed by atoms with E-state index in [2.05, 4.69) is 9.98 Å². The SMILES string of the molecule is CC(=NCC(=N)CN=Cc1ccc(Cl)cc1)c1ccc(C(F)(F)F)cc1. The number of nitrogens with one attached hydrogen (secondary N) is 1. The molecule has 0 aromatic heterocycles. The first-order valence-electron chi connectivity index (χ1n) is 7.76. The number of nitrogens with zero attached hydrogens (tertiary/aromatic N) is 2. The van der Waals surface area contributed by atoms with E-state index in [0.29, 0.717) is 22.0 Å². The minimum absolute atomic E-state index is 0.144. The molecular formula is C19H17ClF3N3. The van der Waals surface area contributed by atoms with Crippen molar-refractivity contribution in [2.24, 2.45) is 9.98 Å². The molecule has 2 aromatic rings. The van der Waals surface area contributed by atoms with Crippen LogP contribution in [0.2, 0.25) is 5.02 Å². The second-order valence-electron chi connectivity index (χ2n) is 5.60. The first kappa shape index (κ1) is 19.8. The van der Waals surface area contributed by atoms with Gasteiger partial charge in [0, 0.05) is 16.9 Å². The van der Waals surface area contributed by atoms with Crippen molar-refractivity contribution in [2.45, 2.75) is 13.1 Å². The molecule has 136 valence electrons. The predicted octanol–water partition coefficient (Wildman–Crippen LogP) is 5.31. The molecule has 1 N–H and O–H groups in total. The Balaban J connectivity index is 1.89. The molecule has 2 aromatic carbocycles. The van der Waals surface area contributed by atoms with Gasteiger partial charge in [-0.2, -0.15) is 13.2 Å². The summed E-state index contributed by atoms with van der Waals surface area (Å²) in [5.74, 6) is 0. The van der Waals surface area contributed by atoms with Crippen molar-refractivity contribution in [3.05, 3.63) is 70.2 Å². The minimum Gasteiger partial charge on any atom is -0.306 e. The van der Waals surface area contributed by atoms with Gasteiger partial charge in [-0.25, -0.2) is 0 Å². The lowest BCUT2D eigenvalue weighted by Gasteiger charge is -2.07.